The van der Waals surface area contributed by atoms with Crippen molar-refractivity contribution in [1.82, 2.24) is 0 Å². The van der Waals surface area contributed by atoms with Crippen LogP contribution in [-0.4, -0.2) is 8.42 Å². The zero-order valence-corrected chi connectivity index (χ0v) is 10.9. The molecule has 0 fully saturated rings. The van der Waals surface area contributed by atoms with Gasteiger partial charge >= 0.3 is 0 Å². The maximum atomic E-state index is 12.4. The fraction of sp³-hybridized carbons (Fsp3) is 0.143. The summed E-state index contributed by atoms with van der Waals surface area (Å²) in [6.07, 6.45) is 0. The number of rotatable bonds is 3. The van der Waals surface area contributed by atoms with Crippen molar-refractivity contribution in [2.24, 2.45) is 5.73 Å². The number of sulfone groups is 1. The van der Waals surface area contributed by atoms with E-state index in [4.69, 9.17) is 5.73 Å². The number of benzene rings is 2. The molecule has 0 aliphatic carbocycles. The number of nitrogens with two attached hydrogens (primary N) is 1. The van der Waals surface area contributed by atoms with Crippen LogP contribution in [0.2, 0.25) is 0 Å². The topological polar surface area (TPSA) is 60.2 Å². The molecule has 0 heterocycles. The molecular weight excluding hydrogens is 246 g/mol. The molecule has 2 rings (SSSR count). The van der Waals surface area contributed by atoms with E-state index in [0.717, 1.165) is 11.1 Å². The normalized spacial score (nSPS) is 11.4. The van der Waals surface area contributed by atoms with Crippen LogP contribution in [0.5, 0.6) is 0 Å². The van der Waals surface area contributed by atoms with E-state index in [0.29, 0.717) is 11.4 Å². The Morgan fingerprint density at radius 2 is 1.67 bits per heavy atom. The fourth-order valence-corrected chi connectivity index (χ4v) is 3.02. The van der Waals surface area contributed by atoms with Crippen LogP contribution in [0, 0.1) is 6.92 Å². The van der Waals surface area contributed by atoms with Crippen molar-refractivity contribution in [2.45, 2.75) is 23.3 Å². The van der Waals surface area contributed by atoms with Gasteiger partial charge in [0.25, 0.3) is 0 Å². The molecule has 18 heavy (non-hydrogen) atoms. The molecule has 0 radical (unpaired) electrons. The van der Waals surface area contributed by atoms with Gasteiger partial charge in [0, 0.05) is 6.54 Å². The first-order valence-corrected chi connectivity index (χ1v) is 7.13. The lowest BCUT2D eigenvalue weighted by Crippen LogP contribution is -2.04. The van der Waals surface area contributed by atoms with E-state index in [1.165, 1.54) is 0 Å². The highest BCUT2D eigenvalue weighted by Crippen LogP contribution is 2.21. The van der Waals surface area contributed by atoms with E-state index >= 15 is 0 Å². The van der Waals surface area contributed by atoms with Crippen LogP contribution in [0.15, 0.2) is 58.3 Å². The second-order valence-electron chi connectivity index (χ2n) is 4.17. The summed E-state index contributed by atoms with van der Waals surface area (Å²) in [5.74, 6) is 0. The maximum absolute atomic E-state index is 12.4. The molecule has 0 aromatic heterocycles. The molecule has 0 spiro atoms. The van der Waals surface area contributed by atoms with Crippen LogP contribution in [0.25, 0.3) is 0 Å². The van der Waals surface area contributed by atoms with E-state index < -0.39 is 9.84 Å². The Balaban J connectivity index is 2.50. The zero-order valence-electron chi connectivity index (χ0n) is 10.1. The lowest BCUT2D eigenvalue weighted by atomic mass is 10.2. The minimum atomic E-state index is -3.44. The average molecular weight is 261 g/mol. The quantitative estimate of drug-likeness (QED) is 0.922. The van der Waals surface area contributed by atoms with Crippen molar-refractivity contribution in [1.29, 1.82) is 0 Å². The molecule has 0 aliphatic heterocycles. The molecular formula is C14H15NO2S. The van der Waals surface area contributed by atoms with Crippen LogP contribution in [0.1, 0.15) is 11.1 Å². The molecule has 0 aliphatic rings. The third-order valence-corrected chi connectivity index (χ3v) is 4.54. The van der Waals surface area contributed by atoms with Crippen molar-refractivity contribution >= 4 is 9.84 Å². The standard InChI is InChI=1S/C14H15NO2S/c1-11-5-7-13(8-6-11)18(16,17)14-4-2-3-12(9-14)10-15/h2-9H,10,15H2,1H3. The summed E-state index contributed by atoms with van der Waals surface area (Å²) in [5.41, 5.74) is 7.37. The molecule has 0 amide bonds. The molecule has 0 saturated carbocycles. The third-order valence-electron chi connectivity index (χ3n) is 2.78. The third kappa shape index (κ3) is 2.44. The summed E-state index contributed by atoms with van der Waals surface area (Å²) < 4.78 is 24.7. The largest absolute Gasteiger partial charge is 0.326 e. The van der Waals surface area contributed by atoms with Crippen LogP contribution >= 0.6 is 0 Å². The van der Waals surface area contributed by atoms with E-state index in [1.54, 1.807) is 42.5 Å². The predicted molar refractivity (Wildman–Crippen MR) is 71.0 cm³/mol. The predicted octanol–water partition coefficient (Wildman–Crippen LogP) is 2.29. The van der Waals surface area contributed by atoms with E-state index in [2.05, 4.69) is 0 Å². The second-order valence-corrected chi connectivity index (χ2v) is 6.12. The Morgan fingerprint density at radius 3 is 2.28 bits per heavy atom. The Labute approximate surface area is 107 Å². The molecule has 2 aromatic carbocycles. The molecule has 2 aromatic rings. The van der Waals surface area contributed by atoms with Crippen molar-refractivity contribution in [3.8, 4) is 0 Å². The summed E-state index contributed by atoms with van der Waals surface area (Å²) in [5, 5.41) is 0. The van der Waals surface area contributed by atoms with Gasteiger partial charge in [-0.05, 0) is 36.8 Å². The number of hydrogen-bond donors (Lipinski definition) is 1. The second kappa shape index (κ2) is 4.92. The fourth-order valence-electron chi connectivity index (χ4n) is 1.69. The summed E-state index contributed by atoms with van der Waals surface area (Å²) >= 11 is 0. The molecule has 94 valence electrons. The Morgan fingerprint density at radius 1 is 1.00 bits per heavy atom. The smallest absolute Gasteiger partial charge is 0.206 e. The number of aryl methyl sites for hydroxylation is 1. The molecule has 3 nitrogen and oxygen atoms in total. The minimum absolute atomic E-state index is 0.286. The van der Waals surface area contributed by atoms with Gasteiger partial charge in [0.05, 0.1) is 9.79 Å². The van der Waals surface area contributed by atoms with Crippen LogP contribution in [-0.2, 0) is 16.4 Å². The van der Waals surface area contributed by atoms with Crippen LogP contribution < -0.4 is 5.73 Å². The van der Waals surface area contributed by atoms with Gasteiger partial charge < -0.3 is 5.73 Å². The van der Waals surface area contributed by atoms with Gasteiger partial charge in [-0.1, -0.05) is 29.8 Å². The van der Waals surface area contributed by atoms with Crippen LogP contribution in [0.3, 0.4) is 0 Å². The summed E-state index contributed by atoms with van der Waals surface area (Å²) in [4.78, 5) is 0.594. The Bertz CT molecular complexity index is 646. The molecule has 4 heteroatoms. The van der Waals surface area contributed by atoms with Crippen molar-refractivity contribution in [3.63, 3.8) is 0 Å². The van der Waals surface area contributed by atoms with Gasteiger partial charge in [0.15, 0.2) is 0 Å². The lowest BCUT2D eigenvalue weighted by molar-refractivity contribution is 0.596. The Hall–Kier alpha value is -1.65. The lowest BCUT2D eigenvalue weighted by Gasteiger charge is -2.06. The van der Waals surface area contributed by atoms with E-state index in [9.17, 15) is 8.42 Å². The van der Waals surface area contributed by atoms with Crippen molar-refractivity contribution in [2.75, 3.05) is 0 Å². The number of hydrogen-bond acceptors (Lipinski definition) is 3. The monoisotopic (exact) mass is 261 g/mol. The van der Waals surface area contributed by atoms with Gasteiger partial charge in [0.1, 0.15) is 0 Å². The van der Waals surface area contributed by atoms with Gasteiger partial charge in [-0.2, -0.15) is 0 Å². The highest BCUT2D eigenvalue weighted by Gasteiger charge is 2.17. The average Bonchev–Trinajstić information content (AvgIpc) is 2.39. The molecule has 2 N–H and O–H groups in total. The first-order valence-electron chi connectivity index (χ1n) is 5.65. The van der Waals surface area contributed by atoms with Gasteiger partial charge in [-0.15, -0.1) is 0 Å². The minimum Gasteiger partial charge on any atom is -0.326 e. The SMILES string of the molecule is Cc1ccc(S(=O)(=O)c2cccc(CN)c2)cc1. The highest BCUT2D eigenvalue weighted by atomic mass is 32.2. The van der Waals surface area contributed by atoms with Gasteiger partial charge in [-0.25, -0.2) is 8.42 Å². The van der Waals surface area contributed by atoms with E-state index in [1.807, 2.05) is 13.0 Å². The Kier molecular flexibility index (Phi) is 3.50. The first kappa shape index (κ1) is 12.8. The maximum Gasteiger partial charge on any atom is 0.206 e. The van der Waals surface area contributed by atoms with Crippen molar-refractivity contribution in [3.05, 3.63) is 59.7 Å². The summed E-state index contributed by atoms with van der Waals surface area (Å²) in [6, 6.07) is 13.6. The van der Waals surface area contributed by atoms with E-state index in [-0.39, 0.29) is 4.90 Å². The molecule has 0 saturated heterocycles. The van der Waals surface area contributed by atoms with Gasteiger partial charge in [0.2, 0.25) is 9.84 Å². The molecule has 0 bridgehead atoms. The molecule has 0 unspecified atom stereocenters. The zero-order chi connectivity index (χ0) is 13.2. The van der Waals surface area contributed by atoms with Crippen molar-refractivity contribution < 1.29 is 8.42 Å². The highest BCUT2D eigenvalue weighted by molar-refractivity contribution is 7.91. The summed E-state index contributed by atoms with van der Waals surface area (Å²) in [7, 11) is -3.44. The van der Waals surface area contributed by atoms with Crippen LogP contribution in [0.4, 0.5) is 0 Å². The summed E-state index contributed by atoms with van der Waals surface area (Å²) in [6.45, 7) is 2.25. The molecule has 0 atom stereocenters. The van der Waals surface area contributed by atoms with Gasteiger partial charge in [-0.3, -0.25) is 0 Å². The first-order chi connectivity index (χ1) is 8.54.